The van der Waals surface area contributed by atoms with E-state index >= 15 is 0 Å². The third-order valence-corrected chi connectivity index (χ3v) is 3.74. The molecule has 8 nitrogen and oxygen atoms in total. The van der Waals surface area contributed by atoms with Crippen LogP contribution in [0.5, 0.6) is 0 Å². The Morgan fingerprint density at radius 2 is 2.14 bits per heavy atom. The zero-order valence-corrected chi connectivity index (χ0v) is 12.4. The van der Waals surface area contributed by atoms with Gasteiger partial charge in [0.15, 0.2) is 0 Å². The third-order valence-electron chi connectivity index (χ3n) is 2.64. The predicted octanol–water partition coefficient (Wildman–Crippen LogP) is 1.20. The summed E-state index contributed by atoms with van der Waals surface area (Å²) in [6, 6.07) is 6.70. The van der Waals surface area contributed by atoms with Gasteiger partial charge in [-0.1, -0.05) is 12.1 Å². The number of imidazole rings is 1. The molecule has 2 aromatic rings. The first-order valence-corrected chi connectivity index (χ1v) is 7.81. The molecule has 1 amide bonds. The zero-order valence-electron chi connectivity index (χ0n) is 11.6. The first kappa shape index (κ1) is 15.3. The van der Waals surface area contributed by atoms with Crippen molar-refractivity contribution in [2.45, 2.75) is 19.9 Å². The molecular weight excluding hydrogens is 296 g/mol. The van der Waals surface area contributed by atoms with Crippen molar-refractivity contribution in [3.05, 3.63) is 30.1 Å². The first-order valence-electron chi connectivity index (χ1n) is 6.32. The summed E-state index contributed by atoms with van der Waals surface area (Å²) in [5.41, 5.74) is 1.54. The van der Waals surface area contributed by atoms with Gasteiger partial charge in [-0.3, -0.25) is 0 Å². The van der Waals surface area contributed by atoms with Crippen LogP contribution in [0.15, 0.2) is 24.3 Å². The number of fused-ring (bicyclic) bond motifs is 1. The van der Waals surface area contributed by atoms with Gasteiger partial charge < -0.3 is 9.72 Å². The zero-order chi connectivity index (χ0) is 15.5. The van der Waals surface area contributed by atoms with Gasteiger partial charge >= 0.3 is 16.3 Å². The van der Waals surface area contributed by atoms with Crippen molar-refractivity contribution < 1.29 is 17.9 Å². The highest BCUT2D eigenvalue weighted by Crippen LogP contribution is 2.15. The number of rotatable bonds is 5. The van der Waals surface area contributed by atoms with Gasteiger partial charge in [0.05, 0.1) is 23.7 Å². The number of hydrogen-bond donors (Lipinski definition) is 3. The minimum Gasteiger partial charge on any atom is -0.449 e. The van der Waals surface area contributed by atoms with E-state index in [2.05, 4.69) is 19.4 Å². The van der Waals surface area contributed by atoms with E-state index in [9.17, 15) is 13.2 Å². The number of H-pyrrole nitrogens is 1. The lowest BCUT2D eigenvalue weighted by Gasteiger charge is -2.12. The minimum atomic E-state index is -4.02. The third kappa shape index (κ3) is 3.92. The molecular formula is C12H16N4O4S. The Labute approximate surface area is 122 Å². The molecule has 1 unspecified atom stereocenters. The molecule has 0 aliphatic carbocycles. The summed E-state index contributed by atoms with van der Waals surface area (Å²) >= 11 is 0. The Balaban J connectivity index is 2.09. The molecule has 1 aromatic heterocycles. The molecule has 3 N–H and O–H groups in total. The maximum atomic E-state index is 11.7. The summed E-state index contributed by atoms with van der Waals surface area (Å²) in [5.74, 6) is 0.449. The van der Waals surface area contributed by atoms with Crippen molar-refractivity contribution in [3.8, 4) is 0 Å². The number of aromatic nitrogens is 2. The second-order valence-electron chi connectivity index (χ2n) is 4.30. The van der Waals surface area contributed by atoms with Crippen LogP contribution in [0.1, 0.15) is 25.7 Å². The molecule has 114 valence electrons. The van der Waals surface area contributed by atoms with Gasteiger partial charge in [-0.2, -0.15) is 13.1 Å². The van der Waals surface area contributed by atoms with E-state index in [-0.39, 0.29) is 6.61 Å². The lowest BCUT2D eigenvalue weighted by Crippen LogP contribution is -2.41. The second-order valence-corrected chi connectivity index (χ2v) is 5.75. The molecule has 1 aromatic carbocycles. The van der Waals surface area contributed by atoms with Crippen LogP contribution in [0.4, 0.5) is 4.79 Å². The SMILES string of the molecule is CCOC(=O)NS(=O)(=O)NC(C)c1nc2ccccc2[nH]1. The van der Waals surface area contributed by atoms with Gasteiger partial charge in [0.1, 0.15) is 5.82 Å². The number of benzene rings is 1. The Bertz CT molecular complexity index is 708. The van der Waals surface area contributed by atoms with Crippen LogP contribution in [-0.2, 0) is 14.9 Å². The van der Waals surface area contributed by atoms with Gasteiger partial charge in [0, 0.05) is 0 Å². The average molecular weight is 312 g/mol. The number of amides is 1. The Morgan fingerprint density at radius 3 is 2.81 bits per heavy atom. The van der Waals surface area contributed by atoms with Crippen LogP contribution in [0.25, 0.3) is 11.0 Å². The summed E-state index contributed by atoms with van der Waals surface area (Å²) in [4.78, 5) is 18.4. The number of para-hydroxylation sites is 2. The van der Waals surface area contributed by atoms with Crippen LogP contribution in [0.2, 0.25) is 0 Å². The fourth-order valence-corrected chi connectivity index (χ4v) is 2.68. The maximum Gasteiger partial charge on any atom is 0.421 e. The lowest BCUT2D eigenvalue weighted by molar-refractivity contribution is 0.158. The van der Waals surface area contributed by atoms with Gasteiger partial charge in [-0.25, -0.2) is 14.5 Å². The van der Waals surface area contributed by atoms with E-state index < -0.39 is 22.3 Å². The van der Waals surface area contributed by atoms with Gasteiger partial charge in [0.2, 0.25) is 0 Å². The molecule has 0 aliphatic rings. The summed E-state index contributed by atoms with van der Waals surface area (Å²) in [7, 11) is -4.02. The number of carbonyl (C=O) groups is 1. The second kappa shape index (κ2) is 6.10. The molecule has 0 bridgehead atoms. The van der Waals surface area contributed by atoms with Crippen LogP contribution < -0.4 is 9.44 Å². The number of nitrogens with one attached hydrogen (secondary N) is 3. The quantitative estimate of drug-likeness (QED) is 0.768. The Morgan fingerprint density at radius 1 is 1.43 bits per heavy atom. The van der Waals surface area contributed by atoms with Crippen molar-refractivity contribution >= 4 is 27.3 Å². The summed E-state index contributed by atoms with van der Waals surface area (Å²) in [5, 5.41) is 0. The molecule has 9 heteroatoms. The van der Waals surface area contributed by atoms with Crippen LogP contribution >= 0.6 is 0 Å². The molecule has 0 fully saturated rings. The number of carbonyl (C=O) groups excluding carboxylic acids is 1. The largest absolute Gasteiger partial charge is 0.449 e. The molecule has 0 aliphatic heterocycles. The lowest BCUT2D eigenvalue weighted by atomic mass is 10.3. The molecule has 0 spiro atoms. The number of ether oxygens (including phenoxy) is 1. The highest BCUT2D eigenvalue weighted by Gasteiger charge is 2.20. The summed E-state index contributed by atoms with van der Waals surface area (Å²) < 4.78 is 32.1. The van der Waals surface area contributed by atoms with Crippen molar-refractivity contribution in [2.75, 3.05) is 6.61 Å². The topological polar surface area (TPSA) is 113 Å². The molecule has 1 atom stereocenters. The standard InChI is InChI=1S/C12H16N4O4S/c1-3-20-12(17)16-21(18,19)15-8(2)11-13-9-6-4-5-7-10(9)14-11/h4-8,15H,3H2,1-2H3,(H,13,14)(H,16,17). The number of nitrogens with zero attached hydrogens (tertiary/aromatic N) is 1. The molecule has 0 radical (unpaired) electrons. The summed E-state index contributed by atoms with van der Waals surface area (Å²) in [6.45, 7) is 3.28. The van der Waals surface area contributed by atoms with E-state index in [0.717, 1.165) is 11.0 Å². The molecule has 0 saturated carbocycles. The van der Waals surface area contributed by atoms with Gasteiger partial charge in [-0.05, 0) is 26.0 Å². The Kier molecular flexibility index (Phi) is 4.43. The van der Waals surface area contributed by atoms with Gasteiger partial charge in [0.25, 0.3) is 0 Å². The maximum absolute atomic E-state index is 11.7. The minimum absolute atomic E-state index is 0.0838. The highest BCUT2D eigenvalue weighted by molar-refractivity contribution is 7.88. The summed E-state index contributed by atoms with van der Waals surface area (Å²) in [6.07, 6.45) is -1.03. The van der Waals surface area contributed by atoms with Crippen molar-refractivity contribution in [2.24, 2.45) is 0 Å². The monoisotopic (exact) mass is 312 g/mol. The van der Waals surface area contributed by atoms with E-state index in [1.54, 1.807) is 18.6 Å². The molecule has 1 heterocycles. The number of aromatic amines is 1. The average Bonchev–Trinajstić information content (AvgIpc) is 2.81. The molecule has 21 heavy (non-hydrogen) atoms. The Hall–Kier alpha value is -2.13. The van der Waals surface area contributed by atoms with Crippen LogP contribution in [0.3, 0.4) is 0 Å². The normalized spacial score (nSPS) is 13.0. The number of hydrogen-bond acceptors (Lipinski definition) is 5. The van der Waals surface area contributed by atoms with E-state index in [1.165, 1.54) is 0 Å². The fourth-order valence-electron chi connectivity index (χ4n) is 1.77. The molecule has 2 rings (SSSR count). The predicted molar refractivity (Wildman–Crippen MR) is 76.7 cm³/mol. The van der Waals surface area contributed by atoms with Gasteiger partial charge in [-0.15, -0.1) is 0 Å². The highest BCUT2D eigenvalue weighted by atomic mass is 32.2. The van der Waals surface area contributed by atoms with E-state index in [1.807, 2.05) is 24.3 Å². The van der Waals surface area contributed by atoms with E-state index in [0.29, 0.717) is 5.82 Å². The van der Waals surface area contributed by atoms with Crippen molar-refractivity contribution in [1.29, 1.82) is 0 Å². The smallest absolute Gasteiger partial charge is 0.421 e. The first-order chi connectivity index (χ1) is 9.91. The fraction of sp³-hybridized carbons (Fsp3) is 0.333. The van der Waals surface area contributed by atoms with E-state index in [4.69, 9.17) is 0 Å². The molecule has 0 saturated heterocycles. The van der Waals surface area contributed by atoms with Crippen LogP contribution in [-0.4, -0.2) is 31.1 Å². The van der Waals surface area contributed by atoms with Crippen LogP contribution in [0, 0.1) is 0 Å². The van der Waals surface area contributed by atoms with Crippen molar-refractivity contribution in [3.63, 3.8) is 0 Å². The van der Waals surface area contributed by atoms with Crippen molar-refractivity contribution in [1.82, 2.24) is 19.4 Å².